The van der Waals surface area contributed by atoms with Crippen LogP contribution in [-0.4, -0.2) is 35.7 Å². The lowest BCUT2D eigenvalue weighted by Crippen LogP contribution is -3.10. The summed E-state index contributed by atoms with van der Waals surface area (Å²) >= 11 is 5.97. The number of benzene rings is 1. The van der Waals surface area contributed by atoms with Gasteiger partial charge in [0.05, 0.1) is 7.05 Å². The Morgan fingerprint density at radius 3 is 2.74 bits per heavy atom. The number of rotatable bonds is 6. The molecule has 7 heteroatoms. The lowest BCUT2D eigenvalue weighted by Gasteiger charge is -2.19. The van der Waals surface area contributed by atoms with Crippen molar-refractivity contribution in [1.82, 2.24) is 15.5 Å². The van der Waals surface area contributed by atoms with Crippen LogP contribution in [0.1, 0.15) is 32.7 Å². The molecule has 0 aliphatic heterocycles. The maximum absolute atomic E-state index is 11.9. The Hall–Kier alpha value is -1.92. The molecule has 2 atom stereocenters. The van der Waals surface area contributed by atoms with Gasteiger partial charge in [-0.1, -0.05) is 17.7 Å². The fraction of sp³-hybridized carbons (Fsp3) is 0.438. The number of hydrogen-bond acceptors (Lipinski definition) is 4. The second-order valence-corrected chi connectivity index (χ2v) is 6.36. The van der Waals surface area contributed by atoms with Crippen LogP contribution < -0.4 is 10.2 Å². The zero-order chi connectivity index (χ0) is 17.0. The monoisotopic (exact) mass is 337 g/mol. The molecule has 2 N–H and O–H groups in total. The summed E-state index contributed by atoms with van der Waals surface area (Å²) in [6.45, 7) is 6.17. The number of aromatic nitrogens is 2. The summed E-state index contributed by atoms with van der Waals surface area (Å²) in [4.78, 5) is 12.8. The maximum atomic E-state index is 11.9. The van der Waals surface area contributed by atoms with Crippen LogP contribution in [-0.2, 0) is 4.79 Å². The minimum atomic E-state index is -0.0895. The van der Waals surface area contributed by atoms with E-state index >= 15 is 0 Å². The molecule has 0 bridgehead atoms. The van der Waals surface area contributed by atoms with Gasteiger partial charge in [-0.15, -0.1) is 10.2 Å². The molecule has 1 aromatic carbocycles. The molecule has 0 saturated carbocycles. The van der Waals surface area contributed by atoms with Crippen LogP contribution in [0.4, 0.5) is 0 Å². The Morgan fingerprint density at radius 2 is 2.09 bits per heavy atom. The third kappa shape index (κ3) is 4.77. The molecule has 124 valence electrons. The molecule has 6 nitrogen and oxygen atoms in total. The van der Waals surface area contributed by atoms with E-state index in [1.54, 1.807) is 12.1 Å². The largest absolute Gasteiger partial charge is 0.415 e. The van der Waals surface area contributed by atoms with E-state index in [-0.39, 0.29) is 18.0 Å². The van der Waals surface area contributed by atoms with Gasteiger partial charge in [-0.05, 0) is 39.0 Å². The highest BCUT2D eigenvalue weighted by atomic mass is 35.5. The van der Waals surface area contributed by atoms with Gasteiger partial charge in [0.25, 0.3) is 11.8 Å². The van der Waals surface area contributed by atoms with Crippen molar-refractivity contribution in [2.75, 3.05) is 13.6 Å². The van der Waals surface area contributed by atoms with Crippen molar-refractivity contribution in [2.45, 2.75) is 32.9 Å². The van der Waals surface area contributed by atoms with Crippen molar-refractivity contribution in [3.8, 4) is 11.5 Å². The molecule has 23 heavy (non-hydrogen) atoms. The summed E-state index contributed by atoms with van der Waals surface area (Å²) in [6, 6.07) is 7.29. The van der Waals surface area contributed by atoms with E-state index in [0.717, 1.165) is 10.5 Å². The van der Waals surface area contributed by atoms with Crippen LogP contribution >= 0.6 is 11.6 Å². The number of quaternary nitrogens is 1. The standard InChI is InChI=1S/C16H21ClN4O2/c1-10(2)18-14(22)9-21(4)11(3)15-19-20-16(23-15)12-6-5-7-13(17)8-12/h5-8,10-11H,9H2,1-4H3,(H,18,22)/p+1/t11-/m0/s1. The molecule has 2 aromatic rings. The highest BCUT2D eigenvalue weighted by molar-refractivity contribution is 6.30. The first-order valence-corrected chi connectivity index (χ1v) is 7.95. The Morgan fingerprint density at radius 1 is 1.35 bits per heavy atom. The van der Waals surface area contributed by atoms with E-state index in [4.69, 9.17) is 16.0 Å². The zero-order valence-electron chi connectivity index (χ0n) is 13.8. The SMILES string of the molecule is CC(C)NC(=O)C[NH+](C)[C@@H](C)c1nnc(-c2cccc(Cl)c2)o1. The second kappa shape index (κ2) is 7.57. The minimum absolute atomic E-state index is 0.000991. The normalized spacial score (nSPS) is 13.8. The van der Waals surface area contributed by atoms with Gasteiger partial charge in [-0.2, -0.15) is 0 Å². The van der Waals surface area contributed by atoms with Gasteiger partial charge in [0, 0.05) is 16.6 Å². The topological polar surface area (TPSA) is 72.5 Å². The van der Waals surface area contributed by atoms with E-state index in [1.165, 1.54) is 0 Å². The van der Waals surface area contributed by atoms with Crippen molar-refractivity contribution in [3.05, 3.63) is 35.2 Å². The zero-order valence-corrected chi connectivity index (χ0v) is 14.5. The average molecular weight is 338 g/mol. The van der Waals surface area contributed by atoms with E-state index in [2.05, 4.69) is 15.5 Å². The van der Waals surface area contributed by atoms with Crippen LogP contribution in [0.5, 0.6) is 0 Å². The van der Waals surface area contributed by atoms with E-state index in [9.17, 15) is 4.79 Å². The number of carbonyl (C=O) groups is 1. The summed E-state index contributed by atoms with van der Waals surface area (Å²) in [5, 5.41) is 11.7. The molecule has 0 radical (unpaired) electrons. The fourth-order valence-corrected chi connectivity index (χ4v) is 2.33. The smallest absolute Gasteiger partial charge is 0.275 e. The van der Waals surface area contributed by atoms with Gasteiger partial charge in [0.15, 0.2) is 12.6 Å². The quantitative estimate of drug-likeness (QED) is 0.837. The Bertz CT molecular complexity index is 672. The molecule has 2 rings (SSSR count). The van der Waals surface area contributed by atoms with Crippen LogP contribution in [0.2, 0.25) is 5.02 Å². The van der Waals surface area contributed by atoms with Gasteiger partial charge in [-0.25, -0.2) is 0 Å². The van der Waals surface area contributed by atoms with Crippen LogP contribution in [0.3, 0.4) is 0 Å². The molecule has 0 aliphatic carbocycles. The van der Waals surface area contributed by atoms with Crippen molar-refractivity contribution >= 4 is 17.5 Å². The number of nitrogens with one attached hydrogen (secondary N) is 2. The first-order valence-electron chi connectivity index (χ1n) is 7.58. The third-order valence-electron chi connectivity index (χ3n) is 3.51. The first kappa shape index (κ1) is 17.4. The number of halogens is 1. The average Bonchev–Trinajstić information content (AvgIpc) is 2.95. The van der Waals surface area contributed by atoms with Gasteiger partial charge in [-0.3, -0.25) is 4.79 Å². The first-order chi connectivity index (χ1) is 10.9. The summed E-state index contributed by atoms with van der Waals surface area (Å²) in [5.41, 5.74) is 0.777. The van der Waals surface area contributed by atoms with Gasteiger partial charge in [0.1, 0.15) is 0 Å². The van der Waals surface area contributed by atoms with Crippen molar-refractivity contribution < 1.29 is 14.1 Å². The Balaban J connectivity index is 2.06. The van der Waals surface area contributed by atoms with Crippen LogP contribution in [0, 0.1) is 0 Å². The number of hydrogen-bond donors (Lipinski definition) is 2. The molecule has 1 unspecified atom stereocenters. The fourth-order valence-electron chi connectivity index (χ4n) is 2.14. The van der Waals surface area contributed by atoms with E-state index in [0.29, 0.717) is 23.3 Å². The van der Waals surface area contributed by atoms with E-state index < -0.39 is 0 Å². The van der Waals surface area contributed by atoms with Crippen molar-refractivity contribution in [3.63, 3.8) is 0 Å². The third-order valence-corrected chi connectivity index (χ3v) is 3.75. The summed E-state index contributed by atoms with van der Waals surface area (Å²) in [7, 11) is 1.92. The minimum Gasteiger partial charge on any atom is -0.415 e. The predicted molar refractivity (Wildman–Crippen MR) is 88.2 cm³/mol. The predicted octanol–water partition coefficient (Wildman–Crippen LogP) is 1.49. The van der Waals surface area contributed by atoms with Crippen LogP contribution in [0.25, 0.3) is 11.5 Å². The summed E-state index contributed by atoms with van der Waals surface area (Å²) < 4.78 is 5.74. The van der Waals surface area contributed by atoms with Crippen molar-refractivity contribution in [2.24, 2.45) is 0 Å². The van der Waals surface area contributed by atoms with Gasteiger partial charge in [0.2, 0.25) is 5.89 Å². The molecule has 0 fully saturated rings. The maximum Gasteiger partial charge on any atom is 0.275 e. The lowest BCUT2D eigenvalue weighted by molar-refractivity contribution is -0.903. The molecular formula is C16H22ClN4O2+. The molecule has 0 aliphatic rings. The summed E-state index contributed by atoms with van der Waals surface area (Å²) in [5.74, 6) is 0.919. The Labute approximate surface area is 140 Å². The number of carbonyl (C=O) groups excluding carboxylic acids is 1. The lowest BCUT2D eigenvalue weighted by atomic mass is 10.2. The summed E-state index contributed by atoms with van der Waals surface area (Å²) in [6.07, 6.45) is 0. The van der Waals surface area contributed by atoms with E-state index in [1.807, 2.05) is 40.0 Å². The highest BCUT2D eigenvalue weighted by Crippen LogP contribution is 2.22. The number of likely N-dealkylation sites (N-methyl/N-ethyl adjacent to an activating group) is 1. The molecule has 0 saturated heterocycles. The molecular weight excluding hydrogens is 316 g/mol. The van der Waals surface area contributed by atoms with Gasteiger partial charge < -0.3 is 14.6 Å². The molecule has 1 heterocycles. The van der Waals surface area contributed by atoms with Gasteiger partial charge >= 0.3 is 0 Å². The highest BCUT2D eigenvalue weighted by Gasteiger charge is 2.24. The number of nitrogens with zero attached hydrogens (tertiary/aromatic N) is 2. The van der Waals surface area contributed by atoms with Crippen molar-refractivity contribution in [1.29, 1.82) is 0 Å². The Kier molecular flexibility index (Phi) is 5.74. The van der Waals surface area contributed by atoms with Crippen LogP contribution in [0.15, 0.2) is 28.7 Å². The molecule has 1 aromatic heterocycles. The molecule has 1 amide bonds. The second-order valence-electron chi connectivity index (χ2n) is 5.92. The number of amides is 1. The molecule has 0 spiro atoms.